The smallest absolute Gasteiger partial charge is 0.309 e. The van der Waals surface area contributed by atoms with Crippen molar-refractivity contribution in [3.63, 3.8) is 0 Å². The number of rotatable bonds is 14. The van der Waals surface area contributed by atoms with Crippen LogP contribution in [-0.4, -0.2) is 45.1 Å². The van der Waals surface area contributed by atoms with Gasteiger partial charge in [-0.25, -0.2) is 4.18 Å². The molecule has 0 amide bonds. The molecule has 0 bridgehead atoms. The number of hydrogen-bond acceptors (Lipinski definition) is 4. The molecule has 1 N–H and O–H groups in total. The average Bonchev–Trinajstić information content (AvgIpc) is 2.44. The predicted octanol–water partition coefficient (Wildman–Crippen LogP) is 4.68. The van der Waals surface area contributed by atoms with Crippen LogP contribution in [0.15, 0.2) is 0 Å². The third-order valence-electron chi connectivity index (χ3n) is 3.48. The Morgan fingerprint density at radius 2 is 1.17 bits per heavy atom. The normalized spacial score (nSPS) is 11.4. The van der Waals surface area contributed by atoms with Crippen molar-refractivity contribution in [2.24, 2.45) is 0 Å². The Balaban J connectivity index is 0. The van der Waals surface area contributed by atoms with Crippen molar-refractivity contribution in [3.05, 3.63) is 0 Å². The summed E-state index contributed by atoms with van der Waals surface area (Å²) in [7, 11) is 0.152. The fraction of sp³-hybridized carbons (Fsp3) is 1.00. The van der Waals surface area contributed by atoms with Gasteiger partial charge in [0.15, 0.2) is 0 Å². The van der Waals surface area contributed by atoms with Crippen LogP contribution in [0.4, 0.5) is 0 Å². The molecule has 23 heavy (non-hydrogen) atoms. The summed E-state index contributed by atoms with van der Waals surface area (Å²) in [6, 6.07) is 0. The lowest BCUT2D eigenvalue weighted by molar-refractivity contribution is 0.283. The molecule has 0 fully saturated rings. The summed E-state index contributed by atoms with van der Waals surface area (Å²) in [6.45, 7) is 4.98. The molecule has 142 valence electrons. The molecule has 0 aromatic heterocycles. The van der Waals surface area contributed by atoms with Gasteiger partial charge in [-0.1, -0.05) is 71.1 Å². The quantitative estimate of drug-likeness (QED) is 0.362. The van der Waals surface area contributed by atoms with Crippen molar-refractivity contribution in [3.8, 4) is 0 Å². The Morgan fingerprint density at radius 1 is 0.783 bits per heavy atom. The highest BCUT2D eigenvalue weighted by Crippen LogP contribution is 2.11. The molecule has 0 heterocycles. The van der Waals surface area contributed by atoms with E-state index >= 15 is 0 Å². The standard InChI is InChI=1S/C15H33N.C2H6O4S/c1-4-5-6-7-8-9-10-11-12-13-14-15-16(2)3;1-2-6-7(3,4)5/h4-15H2,1-3H3;2H2,1H3,(H,3,4,5). The second-order valence-electron chi connectivity index (χ2n) is 6.17. The van der Waals surface area contributed by atoms with Gasteiger partial charge in [-0.2, -0.15) is 8.42 Å². The molecule has 0 saturated carbocycles. The second-order valence-corrected chi connectivity index (χ2v) is 7.26. The number of hydrogen-bond donors (Lipinski definition) is 1. The van der Waals surface area contributed by atoms with Crippen LogP contribution in [0, 0.1) is 0 Å². The molecule has 6 heteroatoms. The van der Waals surface area contributed by atoms with Crippen molar-refractivity contribution in [2.75, 3.05) is 27.2 Å². The van der Waals surface area contributed by atoms with E-state index in [0.717, 1.165) is 0 Å². The minimum Gasteiger partial charge on any atom is -0.309 e. The van der Waals surface area contributed by atoms with Crippen LogP contribution in [0.3, 0.4) is 0 Å². The Morgan fingerprint density at radius 3 is 1.43 bits per heavy atom. The molecular weight excluding hydrogens is 314 g/mol. The van der Waals surface area contributed by atoms with E-state index in [0.29, 0.717) is 0 Å². The van der Waals surface area contributed by atoms with Gasteiger partial charge in [-0.3, -0.25) is 4.55 Å². The molecule has 0 radical (unpaired) electrons. The Kier molecular flexibility index (Phi) is 19.8. The van der Waals surface area contributed by atoms with Crippen LogP contribution in [0.25, 0.3) is 0 Å². The second kappa shape index (κ2) is 18.2. The van der Waals surface area contributed by atoms with Crippen molar-refractivity contribution in [1.82, 2.24) is 4.90 Å². The van der Waals surface area contributed by atoms with Crippen LogP contribution in [0.2, 0.25) is 0 Å². The van der Waals surface area contributed by atoms with Crippen molar-refractivity contribution < 1.29 is 17.2 Å². The predicted molar refractivity (Wildman–Crippen MR) is 98.2 cm³/mol. The lowest BCUT2D eigenvalue weighted by Gasteiger charge is -2.08. The summed E-state index contributed by atoms with van der Waals surface area (Å²) in [5.74, 6) is 0. The first-order chi connectivity index (χ1) is 10.8. The first-order valence-electron chi connectivity index (χ1n) is 9.10. The first kappa shape index (κ1) is 25.1. The fourth-order valence-corrected chi connectivity index (χ4v) is 2.54. The van der Waals surface area contributed by atoms with Crippen molar-refractivity contribution in [1.29, 1.82) is 0 Å². The Labute approximate surface area is 144 Å². The summed E-state index contributed by atoms with van der Waals surface area (Å²) < 4.78 is 30.7. The van der Waals surface area contributed by atoms with Gasteiger partial charge in [-0.05, 0) is 34.0 Å². The monoisotopic (exact) mass is 353 g/mol. The van der Waals surface area contributed by atoms with E-state index in [-0.39, 0.29) is 6.61 Å². The minimum absolute atomic E-state index is 0.0289. The zero-order valence-electron chi connectivity index (χ0n) is 15.7. The molecule has 5 nitrogen and oxygen atoms in total. The highest BCUT2D eigenvalue weighted by Gasteiger charge is 1.98. The van der Waals surface area contributed by atoms with E-state index < -0.39 is 10.4 Å². The topological polar surface area (TPSA) is 66.8 Å². The molecule has 0 aromatic carbocycles. The van der Waals surface area contributed by atoms with Crippen molar-refractivity contribution in [2.45, 2.75) is 84.5 Å². The van der Waals surface area contributed by atoms with E-state index in [1.54, 1.807) is 0 Å². The highest BCUT2D eigenvalue weighted by atomic mass is 32.3. The van der Waals surface area contributed by atoms with E-state index in [1.807, 2.05) is 0 Å². The van der Waals surface area contributed by atoms with Gasteiger partial charge >= 0.3 is 10.4 Å². The van der Waals surface area contributed by atoms with E-state index in [2.05, 4.69) is 30.1 Å². The number of unbranched alkanes of at least 4 members (excludes halogenated alkanes) is 10. The first-order valence-corrected chi connectivity index (χ1v) is 10.5. The van der Waals surface area contributed by atoms with Crippen LogP contribution in [0.1, 0.15) is 84.5 Å². The van der Waals surface area contributed by atoms with Gasteiger partial charge in [0.25, 0.3) is 0 Å². The molecular formula is C17H39NO4S. The Bertz CT molecular complexity index is 319. The zero-order chi connectivity index (χ0) is 18.0. The summed E-state index contributed by atoms with van der Waals surface area (Å²) in [5.41, 5.74) is 0. The van der Waals surface area contributed by atoms with Gasteiger partial charge < -0.3 is 4.90 Å². The van der Waals surface area contributed by atoms with Gasteiger partial charge in [0.2, 0.25) is 0 Å². The maximum atomic E-state index is 9.56. The summed E-state index contributed by atoms with van der Waals surface area (Å²) >= 11 is 0. The summed E-state index contributed by atoms with van der Waals surface area (Å²) in [5, 5.41) is 0. The van der Waals surface area contributed by atoms with Crippen LogP contribution in [0.5, 0.6) is 0 Å². The molecule has 0 aliphatic rings. The lowest BCUT2D eigenvalue weighted by Crippen LogP contribution is -2.12. The molecule has 0 aliphatic carbocycles. The number of nitrogens with zero attached hydrogens (tertiary/aromatic N) is 1. The summed E-state index contributed by atoms with van der Waals surface area (Å²) in [6.07, 6.45) is 15.8. The maximum absolute atomic E-state index is 9.56. The van der Waals surface area contributed by atoms with Gasteiger partial charge in [-0.15, -0.1) is 0 Å². The van der Waals surface area contributed by atoms with Gasteiger partial charge in [0.1, 0.15) is 0 Å². The van der Waals surface area contributed by atoms with Gasteiger partial charge in [0, 0.05) is 0 Å². The average molecular weight is 354 g/mol. The SMILES string of the molecule is CCCCCCCCCCCCCN(C)C.CCOS(=O)(=O)O. The molecule has 0 spiro atoms. The third kappa shape index (κ3) is 30.3. The molecule has 0 aliphatic heterocycles. The third-order valence-corrected chi connectivity index (χ3v) is 4.01. The van der Waals surface area contributed by atoms with Crippen LogP contribution < -0.4 is 0 Å². The van der Waals surface area contributed by atoms with E-state index in [9.17, 15) is 8.42 Å². The van der Waals surface area contributed by atoms with Crippen LogP contribution in [-0.2, 0) is 14.6 Å². The van der Waals surface area contributed by atoms with Crippen LogP contribution >= 0.6 is 0 Å². The largest absolute Gasteiger partial charge is 0.397 e. The van der Waals surface area contributed by atoms with Crippen molar-refractivity contribution >= 4 is 10.4 Å². The molecule has 0 unspecified atom stereocenters. The summed E-state index contributed by atoms with van der Waals surface area (Å²) in [4.78, 5) is 2.29. The minimum atomic E-state index is -4.17. The molecule has 0 saturated heterocycles. The highest BCUT2D eigenvalue weighted by molar-refractivity contribution is 7.80. The lowest BCUT2D eigenvalue weighted by atomic mass is 10.1. The van der Waals surface area contributed by atoms with Gasteiger partial charge in [0.05, 0.1) is 6.61 Å². The maximum Gasteiger partial charge on any atom is 0.397 e. The van der Waals surface area contributed by atoms with E-state index in [1.165, 1.54) is 84.1 Å². The molecule has 0 atom stereocenters. The Hall–Kier alpha value is -0.170. The molecule has 0 rings (SSSR count). The molecule has 0 aromatic rings. The fourth-order valence-electron chi connectivity index (χ4n) is 2.24. The van der Waals surface area contributed by atoms with E-state index in [4.69, 9.17) is 4.55 Å². The zero-order valence-corrected chi connectivity index (χ0v) is 16.5.